The maximum Gasteiger partial charge on any atom is 0.347 e. The van der Waals surface area contributed by atoms with Gasteiger partial charge < -0.3 is 9.15 Å². The molecule has 5 heteroatoms. The van der Waals surface area contributed by atoms with Gasteiger partial charge in [0.1, 0.15) is 5.75 Å². The number of methoxy groups -OCH3 is 1. The highest BCUT2D eigenvalue weighted by Gasteiger charge is 2.05. The number of aromatic nitrogens is 1. The number of fused-ring (bicyclic) bond motifs is 1. The van der Waals surface area contributed by atoms with Crippen molar-refractivity contribution < 1.29 is 9.15 Å². The van der Waals surface area contributed by atoms with Crippen LogP contribution in [0.1, 0.15) is 17.0 Å². The summed E-state index contributed by atoms with van der Waals surface area (Å²) in [5, 5.41) is 0.488. The van der Waals surface area contributed by atoms with E-state index >= 15 is 0 Å². The van der Waals surface area contributed by atoms with Crippen molar-refractivity contribution >= 4 is 39.0 Å². The van der Waals surface area contributed by atoms with E-state index in [1.807, 2.05) is 37.3 Å². The molecule has 4 nitrogen and oxygen atoms in total. The van der Waals surface area contributed by atoms with Crippen LogP contribution in [0.15, 0.2) is 50.1 Å². The number of nitrogens with zero attached hydrogens (tertiary/aromatic N) is 1. The first-order valence-corrected chi connectivity index (χ1v) is 7.79. The molecule has 2 aromatic carbocycles. The summed E-state index contributed by atoms with van der Waals surface area (Å²) in [6, 6.07) is 11.2. The van der Waals surface area contributed by atoms with Crippen molar-refractivity contribution in [3.63, 3.8) is 0 Å². The number of hydrogen-bond donors (Lipinski definition) is 0. The van der Waals surface area contributed by atoms with Gasteiger partial charge in [-0.25, -0.2) is 9.78 Å². The molecule has 1 heterocycles. The summed E-state index contributed by atoms with van der Waals surface area (Å²) in [6.07, 6.45) is 3.46. The smallest absolute Gasteiger partial charge is 0.347 e. The zero-order valence-electron chi connectivity index (χ0n) is 12.7. The highest BCUT2D eigenvalue weighted by molar-refractivity contribution is 9.10. The first kappa shape index (κ1) is 15.5. The molecule has 0 saturated heterocycles. The van der Waals surface area contributed by atoms with Crippen molar-refractivity contribution in [1.29, 1.82) is 0 Å². The molecule has 0 aliphatic rings. The van der Waals surface area contributed by atoms with E-state index in [-0.39, 0.29) is 11.5 Å². The van der Waals surface area contributed by atoms with Crippen LogP contribution in [0.5, 0.6) is 5.75 Å². The van der Waals surface area contributed by atoms with Crippen LogP contribution in [0.25, 0.3) is 23.1 Å². The Kier molecular flexibility index (Phi) is 4.30. The highest BCUT2D eigenvalue weighted by Crippen LogP contribution is 2.24. The van der Waals surface area contributed by atoms with E-state index < -0.39 is 0 Å². The molecule has 0 spiro atoms. The van der Waals surface area contributed by atoms with Gasteiger partial charge in [-0.3, -0.25) is 0 Å². The highest BCUT2D eigenvalue weighted by atomic mass is 79.9. The minimum absolute atomic E-state index is 0.258. The molecule has 1 aromatic heterocycles. The Labute approximate surface area is 141 Å². The van der Waals surface area contributed by atoms with Gasteiger partial charge in [-0.1, -0.05) is 27.6 Å². The second-order valence-corrected chi connectivity index (χ2v) is 6.00. The van der Waals surface area contributed by atoms with Gasteiger partial charge in [-0.05, 0) is 43.3 Å². The monoisotopic (exact) mass is 371 g/mol. The summed E-state index contributed by atoms with van der Waals surface area (Å²) in [4.78, 5) is 16.4. The second-order valence-electron chi connectivity index (χ2n) is 5.08. The third-order valence-corrected chi connectivity index (χ3v) is 3.89. The third kappa shape index (κ3) is 3.35. The standard InChI is InChI=1S/C18H14BrNO3/c1-11-3-6-15-14(9-11)18(21)23-17(20-15)8-4-12-10-13(19)5-7-16(12)22-2/h3-10H,1-2H3/b8-4+. The fourth-order valence-electron chi connectivity index (χ4n) is 2.27. The molecule has 0 fully saturated rings. The van der Waals surface area contributed by atoms with E-state index in [1.54, 1.807) is 25.3 Å². The number of rotatable bonds is 3. The predicted molar refractivity (Wildman–Crippen MR) is 94.6 cm³/mol. The van der Waals surface area contributed by atoms with Crippen LogP contribution in [0, 0.1) is 6.92 Å². The molecule has 0 saturated carbocycles. The fourth-order valence-corrected chi connectivity index (χ4v) is 2.65. The molecular weight excluding hydrogens is 358 g/mol. The average molecular weight is 372 g/mol. The quantitative estimate of drug-likeness (QED) is 0.682. The van der Waals surface area contributed by atoms with Gasteiger partial charge in [0.05, 0.1) is 18.0 Å². The number of aryl methyl sites for hydroxylation is 1. The molecule has 116 valence electrons. The molecule has 3 rings (SSSR count). The van der Waals surface area contributed by atoms with Gasteiger partial charge in [0, 0.05) is 16.1 Å². The Morgan fingerprint density at radius 3 is 2.78 bits per heavy atom. The van der Waals surface area contributed by atoms with Crippen LogP contribution in [0.4, 0.5) is 0 Å². The van der Waals surface area contributed by atoms with Crippen LogP contribution >= 0.6 is 15.9 Å². The van der Waals surface area contributed by atoms with E-state index in [2.05, 4.69) is 20.9 Å². The topological polar surface area (TPSA) is 52.3 Å². The molecule has 23 heavy (non-hydrogen) atoms. The van der Waals surface area contributed by atoms with Gasteiger partial charge in [-0.15, -0.1) is 0 Å². The van der Waals surface area contributed by atoms with Crippen molar-refractivity contribution in [3.05, 3.63) is 68.3 Å². The minimum atomic E-state index is -0.389. The number of halogens is 1. The number of ether oxygens (including phenoxy) is 1. The van der Waals surface area contributed by atoms with E-state index in [0.29, 0.717) is 10.9 Å². The molecule has 3 aromatic rings. The Bertz CT molecular complexity index is 960. The molecule has 0 radical (unpaired) electrons. The molecule has 0 amide bonds. The lowest BCUT2D eigenvalue weighted by Crippen LogP contribution is -2.03. The van der Waals surface area contributed by atoms with Crippen LogP contribution in [-0.2, 0) is 0 Å². The Balaban J connectivity index is 2.03. The zero-order valence-corrected chi connectivity index (χ0v) is 14.3. The SMILES string of the molecule is COc1ccc(Br)cc1/C=C/c1nc2ccc(C)cc2c(=O)o1. The molecule has 0 aliphatic carbocycles. The largest absolute Gasteiger partial charge is 0.496 e. The third-order valence-electron chi connectivity index (χ3n) is 3.40. The Hall–Kier alpha value is -2.40. The zero-order chi connectivity index (χ0) is 16.4. The summed E-state index contributed by atoms with van der Waals surface area (Å²) in [5.41, 5.74) is 2.08. The lowest BCUT2D eigenvalue weighted by molar-refractivity contribution is 0.414. The molecule has 0 N–H and O–H groups in total. The van der Waals surface area contributed by atoms with E-state index in [4.69, 9.17) is 9.15 Å². The molecule has 0 bridgehead atoms. The first-order valence-electron chi connectivity index (χ1n) is 7.00. The summed E-state index contributed by atoms with van der Waals surface area (Å²) < 4.78 is 11.5. The number of hydrogen-bond acceptors (Lipinski definition) is 4. The normalized spacial score (nSPS) is 11.3. The molecule has 0 unspecified atom stereocenters. The van der Waals surface area contributed by atoms with Crippen molar-refractivity contribution in [2.75, 3.05) is 7.11 Å². The molecule has 0 atom stereocenters. The average Bonchev–Trinajstić information content (AvgIpc) is 2.54. The summed E-state index contributed by atoms with van der Waals surface area (Å²) in [7, 11) is 1.61. The lowest BCUT2D eigenvalue weighted by atomic mass is 10.1. The van der Waals surface area contributed by atoms with Crippen molar-refractivity contribution in [3.8, 4) is 5.75 Å². The molecule has 0 aliphatic heterocycles. The summed E-state index contributed by atoms with van der Waals surface area (Å²) >= 11 is 3.42. The summed E-state index contributed by atoms with van der Waals surface area (Å²) in [6.45, 7) is 1.92. The Morgan fingerprint density at radius 2 is 2.00 bits per heavy atom. The van der Waals surface area contributed by atoms with Gasteiger partial charge >= 0.3 is 5.63 Å². The van der Waals surface area contributed by atoms with Crippen LogP contribution in [0.3, 0.4) is 0 Å². The summed E-state index contributed by atoms with van der Waals surface area (Å²) in [5.74, 6) is 0.983. The minimum Gasteiger partial charge on any atom is -0.496 e. The van der Waals surface area contributed by atoms with Crippen molar-refractivity contribution in [2.24, 2.45) is 0 Å². The fraction of sp³-hybridized carbons (Fsp3) is 0.111. The second kappa shape index (κ2) is 6.38. The van der Waals surface area contributed by atoms with Crippen molar-refractivity contribution in [2.45, 2.75) is 6.92 Å². The maximum atomic E-state index is 12.1. The van der Waals surface area contributed by atoms with Crippen LogP contribution in [0.2, 0.25) is 0 Å². The van der Waals surface area contributed by atoms with E-state index in [9.17, 15) is 4.79 Å². The van der Waals surface area contributed by atoms with Gasteiger partial charge in [0.15, 0.2) is 0 Å². The van der Waals surface area contributed by atoms with Crippen LogP contribution < -0.4 is 10.4 Å². The van der Waals surface area contributed by atoms with Gasteiger partial charge in [0.2, 0.25) is 5.89 Å². The van der Waals surface area contributed by atoms with Gasteiger partial charge in [0.25, 0.3) is 0 Å². The first-order chi connectivity index (χ1) is 11.1. The maximum absolute atomic E-state index is 12.1. The van der Waals surface area contributed by atoms with Gasteiger partial charge in [-0.2, -0.15) is 0 Å². The van der Waals surface area contributed by atoms with E-state index in [0.717, 1.165) is 21.3 Å². The Morgan fingerprint density at radius 1 is 1.17 bits per heavy atom. The van der Waals surface area contributed by atoms with Crippen molar-refractivity contribution in [1.82, 2.24) is 4.98 Å². The van der Waals surface area contributed by atoms with E-state index in [1.165, 1.54) is 0 Å². The number of benzene rings is 2. The lowest BCUT2D eigenvalue weighted by Gasteiger charge is -2.04. The predicted octanol–water partition coefficient (Wildman–Crippen LogP) is 4.44. The van der Waals surface area contributed by atoms with Crippen LogP contribution in [-0.4, -0.2) is 12.1 Å². The molecular formula is C18H14BrNO3.